The van der Waals surface area contributed by atoms with Crippen LogP contribution in [0.5, 0.6) is 0 Å². The van der Waals surface area contributed by atoms with E-state index in [0.717, 1.165) is 25.7 Å². The first-order valence-corrected chi connectivity index (χ1v) is 5.20. The van der Waals surface area contributed by atoms with Gasteiger partial charge in [0.05, 0.1) is 12.6 Å². The molecule has 4 heterocycles. The second kappa shape index (κ2) is 2.55. The molecule has 13 heavy (non-hydrogen) atoms. The Morgan fingerprint density at radius 2 is 1.77 bits per heavy atom. The normalized spacial score (nSPS) is 53.9. The van der Waals surface area contributed by atoms with Crippen molar-refractivity contribution in [3.63, 3.8) is 0 Å². The van der Waals surface area contributed by atoms with Crippen molar-refractivity contribution in [1.29, 1.82) is 0 Å². The van der Waals surface area contributed by atoms with Crippen LogP contribution in [0.25, 0.3) is 0 Å². The minimum absolute atomic E-state index is 0.111. The Kier molecular flexibility index (Phi) is 1.56. The summed E-state index contributed by atoms with van der Waals surface area (Å²) >= 11 is 0. The zero-order valence-electron chi connectivity index (χ0n) is 7.65. The van der Waals surface area contributed by atoms with Gasteiger partial charge in [0.15, 0.2) is 0 Å². The lowest BCUT2D eigenvalue weighted by atomic mass is 9.72. The highest BCUT2D eigenvalue weighted by Crippen LogP contribution is 2.41. The summed E-state index contributed by atoms with van der Waals surface area (Å²) in [4.78, 5) is 13.8. The van der Waals surface area contributed by atoms with Gasteiger partial charge >= 0.3 is 0 Å². The van der Waals surface area contributed by atoms with Gasteiger partial charge in [0.2, 0.25) is 0 Å². The van der Waals surface area contributed by atoms with Crippen LogP contribution >= 0.6 is 0 Å². The van der Waals surface area contributed by atoms with Crippen LogP contribution in [0.1, 0.15) is 25.7 Å². The lowest BCUT2D eigenvalue weighted by Crippen LogP contribution is -2.62. The van der Waals surface area contributed by atoms with Crippen LogP contribution in [0, 0.1) is 5.92 Å². The summed E-state index contributed by atoms with van der Waals surface area (Å²) in [6.07, 6.45) is 3.68. The van der Waals surface area contributed by atoms with Gasteiger partial charge in [-0.15, -0.1) is 0 Å². The van der Waals surface area contributed by atoms with Crippen molar-refractivity contribution >= 4 is 5.78 Å². The number of aliphatic hydroxyl groups excluding tert-OH is 1. The number of piperidine rings is 4. The number of carbonyl (C=O) groups is 1. The fourth-order valence-electron chi connectivity index (χ4n) is 3.34. The molecule has 0 amide bonds. The third kappa shape index (κ3) is 1.07. The fourth-order valence-corrected chi connectivity index (χ4v) is 3.34. The largest absolute Gasteiger partial charge is 0.393 e. The van der Waals surface area contributed by atoms with Crippen molar-refractivity contribution in [2.45, 2.75) is 43.9 Å². The number of fused-ring (bicyclic) bond motifs is 1. The maximum Gasteiger partial charge on any atom is 0.150 e. The van der Waals surface area contributed by atoms with E-state index in [9.17, 15) is 9.90 Å². The van der Waals surface area contributed by atoms with E-state index in [1.807, 2.05) is 0 Å². The average molecular weight is 181 g/mol. The number of hydrogen-bond acceptors (Lipinski definition) is 3. The molecule has 3 nitrogen and oxygen atoms in total. The van der Waals surface area contributed by atoms with Gasteiger partial charge in [-0.2, -0.15) is 0 Å². The van der Waals surface area contributed by atoms with Gasteiger partial charge in [-0.05, 0) is 25.7 Å². The molecule has 4 aliphatic rings. The lowest BCUT2D eigenvalue weighted by Gasteiger charge is -2.53. The number of Topliss-reactive ketones (excluding diaryl/α,β-unsaturated/α-hetero) is 1. The Bertz CT molecular complexity index is 237. The van der Waals surface area contributed by atoms with Crippen LogP contribution in [0.15, 0.2) is 0 Å². The summed E-state index contributed by atoms with van der Waals surface area (Å²) in [5.74, 6) is 0.761. The molecular weight excluding hydrogens is 166 g/mol. The SMILES string of the molecule is O=C1CN2C3CC(O)C[C@H]2C[C@H]1C3. The van der Waals surface area contributed by atoms with Crippen LogP contribution in [-0.4, -0.2) is 40.5 Å². The molecule has 0 aromatic rings. The topological polar surface area (TPSA) is 40.5 Å². The Labute approximate surface area is 77.7 Å². The van der Waals surface area contributed by atoms with Gasteiger partial charge in [0.1, 0.15) is 5.78 Å². The van der Waals surface area contributed by atoms with E-state index in [-0.39, 0.29) is 6.10 Å². The molecule has 1 N–H and O–H groups in total. The van der Waals surface area contributed by atoms with E-state index < -0.39 is 0 Å². The number of carbonyl (C=O) groups excluding carboxylic acids is 1. The van der Waals surface area contributed by atoms with Gasteiger partial charge in [0, 0.05) is 18.0 Å². The first-order chi connectivity index (χ1) is 6.24. The quantitative estimate of drug-likeness (QED) is 0.579. The molecule has 0 aromatic heterocycles. The van der Waals surface area contributed by atoms with Crippen LogP contribution in [0.4, 0.5) is 0 Å². The first kappa shape index (κ1) is 7.94. The van der Waals surface area contributed by atoms with E-state index in [1.54, 1.807) is 0 Å². The molecule has 3 unspecified atom stereocenters. The minimum atomic E-state index is -0.111. The lowest BCUT2D eigenvalue weighted by molar-refractivity contribution is -0.144. The third-order valence-corrected chi connectivity index (χ3v) is 3.93. The summed E-state index contributed by atoms with van der Waals surface area (Å²) in [5.41, 5.74) is 0. The van der Waals surface area contributed by atoms with Crippen LogP contribution in [0.2, 0.25) is 0 Å². The van der Waals surface area contributed by atoms with E-state index >= 15 is 0 Å². The van der Waals surface area contributed by atoms with Crippen LogP contribution < -0.4 is 0 Å². The highest BCUT2D eigenvalue weighted by molar-refractivity contribution is 5.84. The zero-order valence-corrected chi connectivity index (χ0v) is 7.65. The molecule has 0 radical (unpaired) electrons. The average Bonchev–Trinajstić information content (AvgIpc) is 2.04. The van der Waals surface area contributed by atoms with Gasteiger partial charge in [0.25, 0.3) is 0 Å². The second-order valence-corrected chi connectivity index (χ2v) is 4.74. The molecule has 0 spiro atoms. The number of ketones is 1. The maximum atomic E-state index is 11.5. The molecule has 3 heteroatoms. The number of aliphatic hydroxyl groups is 1. The minimum Gasteiger partial charge on any atom is -0.393 e. The molecule has 0 saturated carbocycles. The van der Waals surface area contributed by atoms with E-state index in [1.165, 1.54) is 0 Å². The molecule has 4 fully saturated rings. The molecule has 4 rings (SSSR count). The Morgan fingerprint density at radius 1 is 1.15 bits per heavy atom. The van der Waals surface area contributed by atoms with Crippen molar-refractivity contribution in [3.05, 3.63) is 0 Å². The Hall–Kier alpha value is -0.410. The maximum absolute atomic E-state index is 11.5. The van der Waals surface area contributed by atoms with Crippen molar-refractivity contribution in [2.75, 3.05) is 6.54 Å². The fraction of sp³-hybridized carbons (Fsp3) is 0.900. The van der Waals surface area contributed by atoms with Crippen LogP contribution in [0.3, 0.4) is 0 Å². The summed E-state index contributed by atoms with van der Waals surface area (Å²) in [6, 6.07) is 1.01. The van der Waals surface area contributed by atoms with Gasteiger partial charge in [-0.25, -0.2) is 0 Å². The van der Waals surface area contributed by atoms with Gasteiger partial charge in [-0.3, -0.25) is 9.69 Å². The number of hydrogen-bond donors (Lipinski definition) is 1. The zero-order chi connectivity index (χ0) is 9.00. The van der Waals surface area contributed by atoms with E-state index in [4.69, 9.17) is 0 Å². The summed E-state index contributed by atoms with van der Waals surface area (Å²) < 4.78 is 0. The smallest absolute Gasteiger partial charge is 0.150 e. The van der Waals surface area contributed by atoms with Gasteiger partial charge < -0.3 is 5.11 Å². The highest BCUT2D eigenvalue weighted by atomic mass is 16.3. The molecule has 4 bridgehead atoms. The second-order valence-electron chi connectivity index (χ2n) is 4.74. The Balaban J connectivity index is 1.87. The molecule has 4 aliphatic heterocycles. The third-order valence-electron chi connectivity index (χ3n) is 3.93. The molecular formula is C10H15NO2. The van der Waals surface area contributed by atoms with Crippen molar-refractivity contribution in [1.82, 2.24) is 4.90 Å². The van der Waals surface area contributed by atoms with Gasteiger partial charge in [-0.1, -0.05) is 0 Å². The standard InChI is InChI=1S/C10H15NO2/c12-9-3-7-1-6-2-8(4-9)11(7)5-10(6)13/h6-9,12H,1-5H2/t6-,7+,8?,9?/m0/s1. The molecule has 0 aliphatic carbocycles. The highest BCUT2D eigenvalue weighted by Gasteiger charge is 2.48. The number of nitrogens with zero attached hydrogens (tertiary/aromatic N) is 1. The van der Waals surface area contributed by atoms with Crippen molar-refractivity contribution in [3.8, 4) is 0 Å². The predicted molar refractivity (Wildman–Crippen MR) is 47.3 cm³/mol. The Morgan fingerprint density at radius 3 is 2.31 bits per heavy atom. The summed E-state index contributed by atoms with van der Waals surface area (Å²) in [6.45, 7) is 0.659. The summed E-state index contributed by atoms with van der Waals surface area (Å²) in [5, 5.41) is 9.60. The molecule has 0 aromatic carbocycles. The first-order valence-electron chi connectivity index (χ1n) is 5.20. The van der Waals surface area contributed by atoms with E-state index in [0.29, 0.717) is 30.3 Å². The molecule has 5 atom stereocenters. The molecule has 4 saturated heterocycles. The molecule has 72 valence electrons. The van der Waals surface area contributed by atoms with Crippen LogP contribution in [-0.2, 0) is 4.79 Å². The van der Waals surface area contributed by atoms with Crippen molar-refractivity contribution < 1.29 is 9.90 Å². The van der Waals surface area contributed by atoms with Crippen molar-refractivity contribution in [2.24, 2.45) is 5.92 Å². The monoisotopic (exact) mass is 181 g/mol. The summed E-state index contributed by atoms with van der Waals surface area (Å²) in [7, 11) is 0. The number of rotatable bonds is 0. The van der Waals surface area contributed by atoms with E-state index in [2.05, 4.69) is 4.90 Å². The predicted octanol–water partition coefficient (Wildman–Crippen LogP) is 0.173.